The van der Waals surface area contributed by atoms with Gasteiger partial charge in [0.15, 0.2) is 0 Å². The van der Waals surface area contributed by atoms with Gasteiger partial charge in [-0.05, 0) is 37.1 Å². The first-order valence-corrected chi connectivity index (χ1v) is 16.5. The normalized spacial score (nSPS) is 11.2. The van der Waals surface area contributed by atoms with Gasteiger partial charge in [-0.1, -0.05) is 26.7 Å². The summed E-state index contributed by atoms with van der Waals surface area (Å²) in [7, 11) is 0. The van der Waals surface area contributed by atoms with Crippen LogP contribution in [0.2, 0.25) is 0 Å². The summed E-state index contributed by atoms with van der Waals surface area (Å²) in [5.41, 5.74) is 1.52. The Hall–Kier alpha value is -1.87. The highest BCUT2D eigenvalue weighted by Gasteiger charge is 2.06. The zero-order chi connectivity index (χ0) is 32.3. The number of nitrogens with one attached hydrogen (secondary N) is 1. The molecule has 0 atom stereocenters. The molecule has 45 heavy (non-hydrogen) atoms. The minimum Gasteiger partial charge on any atom is -0.460 e. The first-order valence-electron chi connectivity index (χ1n) is 16.5. The Balaban J connectivity index is 1.72. The number of carbonyl (C=O) groups is 1. The van der Waals surface area contributed by atoms with Crippen LogP contribution in [0.15, 0.2) is 24.3 Å². The number of benzene rings is 1. The average Bonchev–Trinajstić information content (AvgIpc) is 3.06. The van der Waals surface area contributed by atoms with E-state index in [0.717, 1.165) is 44.5 Å². The van der Waals surface area contributed by atoms with Crippen LogP contribution in [0.4, 0.5) is 5.69 Å². The lowest BCUT2D eigenvalue weighted by atomic mass is 10.2. The van der Waals surface area contributed by atoms with Crippen molar-refractivity contribution >= 4 is 11.7 Å². The maximum absolute atomic E-state index is 12.1. The summed E-state index contributed by atoms with van der Waals surface area (Å²) in [6.07, 6.45) is 4.48. The van der Waals surface area contributed by atoms with Crippen LogP contribution in [0, 0.1) is 0 Å². The van der Waals surface area contributed by atoms with Crippen LogP contribution < -0.4 is 5.32 Å². The molecule has 0 bridgehead atoms. The molecule has 1 aromatic carbocycles. The Morgan fingerprint density at radius 1 is 0.467 bits per heavy atom. The fourth-order valence-electron chi connectivity index (χ4n) is 3.52. The fourth-order valence-corrected chi connectivity index (χ4v) is 3.52. The Bertz CT molecular complexity index is 755. The third-order valence-electron chi connectivity index (χ3n) is 6.06. The molecule has 0 aliphatic heterocycles. The molecule has 12 nitrogen and oxygen atoms in total. The Kier molecular flexibility index (Phi) is 30.6. The van der Waals surface area contributed by atoms with Gasteiger partial charge in [-0.15, -0.1) is 0 Å². The molecule has 0 aromatic heterocycles. The quantitative estimate of drug-likeness (QED) is 0.0848. The Morgan fingerprint density at radius 3 is 1.16 bits per heavy atom. The molecule has 0 radical (unpaired) electrons. The van der Waals surface area contributed by atoms with Crippen molar-refractivity contribution < 1.29 is 52.2 Å². The molecule has 0 aliphatic carbocycles. The van der Waals surface area contributed by atoms with Crippen molar-refractivity contribution in [3.05, 3.63) is 29.8 Å². The summed E-state index contributed by atoms with van der Waals surface area (Å²) in [5, 5.41) is 3.32. The summed E-state index contributed by atoms with van der Waals surface area (Å²) in [5.74, 6) is -0.358. The maximum Gasteiger partial charge on any atom is 0.338 e. The van der Waals surface area contributed by atoms with Crippen LogP contribution >= 0.6 is 0 Å². The van der Waals surface area contributed by atoms with E-state index in [4.69, 9.17) is 47.4 Å². The number of esters is 1. The highest BCUT2D eigenvalue weighted by Crippen LogP contribution is 2.10. The van der Waals surface area contributed by atoms with E-state index in [2.05, 4.69) is 19.2 Å². The SMILES string of the molecule is CCCCNc1ccc(C(=O)OCCOCCOCCOCCOCCOCCOCCOCCOCCOCCCC)cc1. The predicted octanol–water partition coefficient (Wildman–Crippen LogP) is 4.00. The van der Waals surface area contributed by atoms with E-state index in [1.165, 1.54) is 0 Å². The van der Waals surface area contributed by atoms with Crippen molar-refractivity contribution in [2.75, 3.05) is 137 Å². The molecule has 0 unspecified atom stereocenters. The van der Waals surface area contributed by atoms with Gasteiger partial charge in [-0.3, -0.25) is 0 Å². The van der Waals surface area contributed by atoms with E-state index in [9.17, 15) is 4.79 Å². The highest BCUT2D eigenvalue weighted by atomic mass is 16.6. The van der Waals surface area contributed by atoms with E-state index in [1.807, 2.05) is 12.1 Å². The topological polar surface area (TPSA) is 121 Å². The third-order valence-corrected chi connectivity index (χ3v) is 6.06. The van der Waals surface area contributed by atoms with Crippen molar-refractivity contribution in [2.45, 2.75) is 39.5 Å². The van der Waals surface area contributed by atoms with E-state index in [1.54, 1.807) is 12.1 Å². The average molecular weight is 646 g/mol. The van der Waals surface area contributed by atoms with Crippen LogP contribution in [-0.2, 0) is 47.4 Å². The second kappa shape index (κ2) is 33.5. The molecule has 0 saturated heterocycles. The highest BCUT2D eigenvalue weighted by molar-refractivity contribution is 5.89. The van der Waals surface area contributed by atoms with Gasteiger partial charge in [0.05, 0.1) is 118 Å². The van der Waals surface area contributed by atoms with Crippen LogP contribution in [-0.4, -0.2) is 138 Å². The van der Waals surface area contributed by atoms with Crippen molar-refractivity contribution in [1.82, 2.24) is 0 Å². The van der Waals surface area contributed by atoms with Crippen LogP contribution in [0.25, 0.3) is 0 Å². The molecule has 262 valence electrons. The monoisotopic (exact) mass is 645 g/mol. The van der Waals surface area contributed by atoms with Crippen molar-refractivity contribution in [3.63, 3.8) is 0 Å². The number of rotatable bonds is 35. The molecular formula is C33H59NO11. The van der Waals surface area contributed by atoms with Gasteiger partial charge in [0.2, 0.25) is 0 Å². The lowest BCUT2D eigenvalue weighted by Crippen LogP contribution is -2.15. The number of hydrogen-bond acceptors (Lipinski definition) is 12. The molecular weight excluding hydrogens is 586 g/mol. The standard InChI is InChI=1S/C33H59NO11/c1-3-5-11-34-32-9-7-31(8-10-32)33(35)45-30-29-44-28-27-43-26-25-42-24-23-41-22-21-40-20-19-39-18-17-38-16-15-37-14-13-36-12-6-4-2/h7-10,34H,3-6,11-30H2,1-2H3. The maximum atomic E-state index is 12.1. The molecule has 0 amide bonds. The number of carbonyl (C=O) groups excluding carboxylic acids is 1. The second-order valence-electron chi connectivity index (χ2n) is 9.86. The lowest BCUT2D eigenvalue weighted by Gasteiger charge is -2.09. The van der Waals surface area contributed by atoms with E-state index in [0.29, 0.717) is 118 Å². The summed E-state index contributed by atoms with van der Waals surface area (Å²) < 4.78 is 54.4. The van der Waals surface area contributed by atoms with E-state index < -0.39 is 0 Å². The van der Waals surface area contributed by atoms with Gasteiger partial charge in [0.1, 0.15) is 6.61 Å². The molecule has 0 spiro atoms. The first-order chi connectivity index (χ1) is 22.3. The number of unbranched alkanes of at least 4 members (excludes halogenated alkanes) is 2. The minimum absolute atomic E-state index is 0.194. The summed E-state index contributed by atoms with van der Waals surface area (Å²) in [4.78, 5) is 12.1. The molecule has 0 fully saturated rings. The molecule has 0 heterocycles. The molecule has 1 rings (SSSR count). The molecule has 0 aliphatic rings. The predicted molar refractivity (Wildman–Crippen MR) is 172 cm³/mol. The van der Waals surface area contributed by atoms with Crippen LogP contribution in [0.5, 0.6) is 0 Å². The van der Waals surface area contributed by atoms with Crippen LogP contribution in [0.1, 0.15) is 49.9 Å². The van der Waals surface area contributed by atoms with Gasteiger partial charge in [0.25, 0.3) is 0 Å². The van der Waals surface area contributed by atoms with E-state index in [-0.39, 0.29) is 12.6 Å². The number of hydrogen-bond donors (Lipinski definition) is 1. The van der Waals surface area contributed by atoms with Crippen molar-refractivity contribution in [1.29, 1.82) is 0 Å². The van der Waals surface area contributed by atoms with Crippen LogP contribution in [0.3, 0.4) is 0 Å². The summed E-state index contributed by atoms with van der Waals surface area (Å²) in [6.45, 7) is 14.8. The van der Waals surface area contributed by atoms with Crippen molar-refractivity contribution in [3.8, 4) is 0 Å². The molecule has 1 N–H and O–H groups in total. The van der Waals surface area contributed by atoms with Crippen molar-refractivity contribution in [2.24, 2.45) is 0 Å². The van der Waals surface area contributed by atoms with Gasteiger partial charge in [0, 0.05) is 18.8 Å². The van der Waals surface area contributed by atoms with Gasteiger partial charge in [-0.25, -0.2) is 4.79 Å². The Morgan fingerprint density at radius 2 is 0.800 bits per heavy atom. The fraction of sp³-hybridized carbons (Fsp3) is 0.788. The van der Waals surface area contributed by atoms with Gasteiger partial charge in [-0.2, -0.15) is 0 Å². The molecule has 12 heteroatoms. The largest absolute Gasteiger partial charge is 0.460 e. The summed E-state index contributed by atoms with van der Waals surface area (Å²) in [6, 6.07) is 7.30. The summed E-state index contributed by atoms with van der Waals surface area (Å²) >= 11 is 0. The third kappa shape index (κ3) is 28.1. The molecule has 0 saturated carbocycles. The Labute approximate surface area is 270 Å². The van der Waals surface area contributed by atoms with E-state index >= 15 is 0 Å². The zero-order valence-electron chi connectivity index (χ0n) is 27.8. The first kappa shape index (κ1) is 41.2. The minimum atomic E-state index is -0.358. The molecule has 1 aromatic rings. The smallest absolute Gasteiger partial charge is 0.338 e. The number of ether oxygens (including phenoxy) is 10. The number of anilines is 1. The van der Waals surface area contributed by atoms with Gasteiger partial charge < -0.3 is 52.7 Å². The van der Waals surface area contributed by atoms with Gasteiger partial charge >= 0.3 is 5.97 Å². The second-order valence-corrected chi connectivity index (χ2v) is 9.86. The lowest BCUT2D eigenvalue weighted by molar-refractivity contribution is -0.0259. The zero-order valence-corrected chi connectivity index (χ0v) is 27.8.